The first-order chi connectivity index (χ1) is 11.9. The second-order valence-electron chi connectivity index (χ2n) is 6.33. The molecule has 0 bridgehead atoms. The number of amides is 3. The van der Waals surface area contributed by atoms with Crippen molar-refractivity contribution in [3.05, 3.63) is 29.1 Å². The summed E-state index contributed by atoms with van der Waals surface area (Å²) in [5.41, 5.74) is 6.24. The van der Waals surface area contributed by atoms with Gasteiger partial charge in [-0.25, -0.2) is 4.39 Å². The number of nitrogens with two attached hydrogens (primary N) is 1. The molecule has 1 aromatic rings. The lowest BCUT2D eigenvalue weighted by molar-refractivity contribution is -0.136. The molecule has 1 radical (unpaired) electrons. The van der Waals surface area contributed by atoms with Crippen LogP contribution in [0.25, 0.3) is 0 Å². The highest BCUT2D eigenvalue weighted by molar-refractivity contribution is 6.55. The SMILES string of the molecule is CC(C)[B]c1cc(F)cc2c1CN(C1CCC(=O)NC1=O)C2=O.CN. The maximum Gasteiger partial charge on any atom is 0.255 e. The molecule has 2 heterocycles. The van der Waals surface area contributed by atoms with Gasteiger partial charge in [-0.1, -0.05) is 25.1 Å². The van der Waals surface area contributed by atoms with Crippen molar-refractivity contribution in [2.24, 2.45) is 5.73 Å². The molecule has 3 amide bonds. The van der Waals surface area contributed by atoms with Crippen molar-refractivity contribution in [2.45, 2.75) is 45.1 Å². The van der Waals surface area contributed by atoms with Crippen molar-refractivity contribution in [3.63, 3.8) is 0 Å². The first kappa shape index (κ1) is 19.1. The van der Waals surface area contributed by atoms with Gasteiger partial charge in [0.1, 0.15) is 11.9 Å². The van der Waals surface area contributed by atoms with Crippen LogP contribution in [0.4, 0.5) is 4.39 Å². The fraction of sp³-hybridized carbons (Fsp3) is 0.471. The molecule has 8 heteroatoms. The molecular formula is C17H22BFN3O3. The van der Waals surface area contributed by atoms with Gasteiger partial charge in [0.05, 0.1) is 0 Å². The van der Waals surface area contributed by atoms with Crippen molar-refractivity contribution in [2.75, 3.05) is 7.05 Å². The molecule has 1 atom stereocenters. The summed E-state index contributed by atoms with van der Waals surface area (Å²) in [7, 11) is 3.41. The molecule has 3 rings (SSSR count). The Labute approximate surface area is 147 Å². The molecule has 1 unspecified atom stereocenters. The summed E-state index contributed by atoms with van der Waals surface area (Å²) in [4.78, 5) is 37.3. The van der Waals surface area contributed by atoms with Gasteiger partial charge in [0.2, 0.25) is 11.8 Å². The maximum absolute atomic E-state index is 13.8. The van der Waals surface area contributed by atoms with E-state index in [2.05, 4.69) is 11.1 Å². The summed E-state index contributed by atoms with van der Waals surface area (Å²) < 4.78 is 13.8. The summed E-state index contributed by atoms with van der Waals surface area (Å²) in [5, 5.41) is 2.26. The molecule has 0 aromatic heterocycles. The molecule has 3 N–H and O–H groups in total. The van der Waals surface area contributed by atoms with Crippen LogP contribution in [-0.4, -0.2) is 43.0 Å². The zero-order valence-electron chi connectivity index (χ0n) is 14.6. The molecule has 25 heavy (non-hydrogen) atoms. The Balaban J connectivity index is 0.00000109. The minimum absolute atomic E-state index is 0.204. The van der Waals surface area contributed by atoms with Gasteiger partial charge in [-0.3, -0.25) is 19.7 Å². The summed E-state index contributed by atoms with van der Waals surface area (Å²) >= 11 is 0. The van der Waals surface area contributed by atoms with Crippen molar-refractivity contribution in [3.8, 4) is 0 Å². The van der Waals surface area contributed by atoms with Gasteiger partial charge in [-0.2, -0.15) is 0 Å². The summed E-state index contributed by atoms with van der Waals surface area (Å²) in [6, 6.07) is 1.96. The van der Waals surface area contributed by atoms with Crippen LogP contribution < -0.4 is 16.5 Å². The normalized spacial score (nSPS) is 19.4. The number of carbonyl (C=O) groups excluding carboxylic acids is 3. The molecule has 1 fully saturated rings. The van der Waals surface area contributed by atoms with E-state index in [9.17, 15) is 18.8 Å². The first-order valence-corrected chi connectivity index (χ1v) is 8.26. The molecule has 6 nitrogen and oxygen atoms in total. The van der Waals surface area contributed by atoms with Crippen molar-refractivity contribution in [1.29, 1.82) is 0 Å². The van der Waals surface area contributed by atoms with Crippen LogP contribution in [0.2, 0.25) is 5.82 Å². The van der Waals surface area contributed by atoms with Gasteiger partial charge in [-0.15, -0.1) is 0 Å². The summed E-state index contributed by atoms with van der Waals surface area (Å²) in [5.74, 6) is -1.39. The Morgan fingerprint density at radius 2 is 1.96 bits per heavy atom. The Kier molecular flexibility index (Phi) is 5.95. The highest BCUT2D eigenvalue weighted by atomic mass is 19.1. The van der Waals surface area contributed by atoms with Crippen LogP contribution in [0.15, 0.2) is 12.1 Å². The number of piperidine rings is 1. The predicted molar refractivity (Wildman–Crippen MR) is 93.0 cm³/mol. The van der Waals surface area contributed by atoms with E-state index in [0.717, 1.165) is 5.56 Å². The second kappa shape index (κ2) is 7.78. The van der Waals surface area contributed by atoms with Gasteiger partial charge in [0.25, 0.3) is 5.91 Å². The van der Waals surface area contributed by atoms with Gasteiger partial charge >= 0.3 is 0 Å². The molecule has 2 aliphatic heterocycles. The standard InChI is InChI=1S/C16H17BFN2O3.CH5N/c1-8(2)17-12-6-9(18)5-10-11(12)7-20(16(10)23)13-3-4-14(21)19-15(13)22;1-2/h5-6,8,13H,3-4,7H2,1-2H3,(H,19,21,22);2H2,1H3. The van der Waals surface area contributed by atoms with Gasteiger partial charge < -0.3 is 10.6 Å². The van der Waals surface area contributed by atoms with Crippen LogP contribution in [0, 0.1) is 5.82 Å². The highest BCUT2D eigenvalue weighted by Crippen LogP contribution is 2.27. The number of hydrogen-bond acceptors (Lipinski definition) is 4. The minimum Gasteiger partial charge on any atom is -0.333 e. The van der Waals surface area contributed by atoms with E-state index < -0.39 is 17.8 Å². The van der Waals surface area contributed by atoms with Crippen molar-refractivity contribution in [1.82, 2.24) is 10.2 Å². The minimum atomic E-state index is -0.678. The van der Waals surface area contributed by atoms with Crippen molar-refractivity contribution < 1.29 is 18.8 Å². The summed E-state index contributed by atoms with van der Waals surface area (Å²) in [6.45, 7) is 4.22. The van der Waals surface area contributed by atoms with Gasteiger partial charge in [0, 0.05) is 18.5 Å². The third kappa shape index (κ3) is 3.90. The molecule has 0 aliphatic carbocycles. The van der Waals surface area contributed by atoms with E-state index in [-0.39, 0.29) is 30.6 Å². The lowest BCUT2D eigenvalue weighted by atomic mass is 9.59. The Hall–Kier alpha value is -2.22. The number of halogens is 1. The molecule has 133 valence electrons. The van der Waals surface area contributed by atoms with Crippen LogP contribution in [0.3, 0.4) is 0 Å². The lowest BCUT2D eigenvalue weighted by Crippen LogP contribution is -2.52. The average molecular weight is 346 g/mol. The second-order valence-corrected chi connectivity index (χ2v) is 6.33. The molecular weight excluding hydrogens is 324 g/mol. The number of benzene rings is 1. The van der Waals surface area contributed by atoms with Crippen LogP contribution in [0.1, 0.15) is 42.6 Å². The molecule has 2 aliphatic rings. The smallest absolute Gasteiger partial charge is 0.255 e. The highest BCUT2D eigenvalue weighted by Gasteiger charge is 2.40. The van der Waals surface area contributed by atoms with Crippen LogP contribution in [0.5, 0.6) is 0 Å². The number of nitrogens with one attached hydrogen (secondary N) is 1. The number of fused-ring (bicyclic) bond motifs is 1. The summed E-state index contributed by atoms with van der Waals surface area (Å²) in [6.07, 6.45) is 0.506. The van der Waals surface area contributed by atoms with Crippen LogP contribution >= 0.6 is 0 Å². The Morgan fingerprint density at radius 3 is 2.56 bits per heavy atom. The number of carbonyl (C=O) groups is 3. The predicted octanol–water partition coefficient (Wildman–Crippen LogP) is 0.319. The Morgan fingerprint density at radius 1 is 1.28 bits per heavy atom. The zero-order valence-corrected chi connectivity index (χ0v) is 14.6. The van der Waals surface area contributed by atoms with Gasteiger partial charge in [0.15, 0.2) is 7.28 Å². The number of rotatable bonds is 3. The third-order valence-electron chi connectivity index (χ3n) is 4.17. The van der Waals surface area contributed by atoms with E-state index >= 15 is 0 Å². The number of hydrogen-bond donors (Lipinski definition) is 2. The number of imide groups is 1. The largest absolute Gasteiger partial charge is 0.333 e. The molecule has 1 saturated heterocycles. The topological polar surface area (TPSA) is 92.5 Å². The molecule has 0 spiro atoms. The van der Waals surface area contributed by atoms with E-state index in [1.54, 1.807) is 0 Å². The third-order valence-corrected chi connectivity index (χ3v) is 4.17. The lowest BCUT2D eigenvalue weighted by Gasteiger charge is -2.29. The van der Waals surface area contributed by atoms with E-state index in [1.165, 1.54) is 24.1 Å². The molecule has 1 aromatic carbocycles. The zero-order chi connectivity index (χ0) is 18.7. The fourth-order valence-corrected chi connectivity index (χ4v) is 3.16. The van der Waals surface area contributed by atoms with E-state index in [4.69, 9.17) is 0 Å². The first-order valence-electron chi connectivity index (χ1n) is 8.26. The van der Waals surface area contributed by atoms with Gasteiger partial charge in [-0.05, 0) is 31.2 Å². The Bertz CT molecular complexity index is 709. The monoisotopic (exact) mass is 346 g/mol. The van der Waals surface area contributed by atoms with E-state index in [1.807, 2.05) is 21.1 Å². The fourth-order valence-electron chi connectivity index (χ4n) is 3.16. The van der Waals surface area contributed by atoms with Crippen LogP contribution in [-0.2, 0) is 16.1 Å². The quantitative estimate of drug-likeness (QED) is 0.609. The van der Waals surface area contributed by atoms with Crippen molar-refractivity contribution >= 4 is 30.5 Å². The van der Waals surface area contributed by atoms with E-state index in [0.29, 0.717) is 17.4 Å². The average Bonchev–Trinajstić information content (AvgIpc) is 2.86. The number of nitrogens with zero attached hydrogens (tertiary/aromatic N) is 1. The maximum atomic E-state index is 13.8. The molecule has 0 saturated carbocycles.